The lowest BCUT2D eigenvalue weighted by atomic mass is 10.2. The summed E-state index contributed by atoms with van der Waals surface area (Å²) in [5, 5.41) is 4.58. The molecule has 1 aromatic carbocycles. The fourth-order valence-electron chi connectivity index (χ4n) is 4.98. The molecule has 3 heterocycles. The van der Waals surface area contributed by atoms with Crippen LogP contribution < -0.4 is 19.7 Å². The number of fused-ring (bicyclic) bond motifs is 1. The molecule has 0 radical (unpaired) electrons. The molecular formula is C26H42N6O2. The number of unbranched alkanes of at least 4 members (excludes halogenated alkanes) is 2. The Hall–Kier alpha value is -2.32. The highest BCUT2D eigenvalue weighted by molar-refractivity contribution is 5.92. The number of ether oxygens (including phenoxy) is 2. The SMILES string of the molecule is COc1cc2nc(N3CCCC3)nc(NCCCCCN3CCN(C(C)C)CC3)c2cc1OC. The van der Waals surface area contributed by atoms with Gasteiger partial charge in [-0.3, -0.25) is 4.90 Å². The van der Waals surface area contributed by atoms with Crippen molar-refractivity contribution >= 4 is 22.7 Å². The van der Waals surface area contributed by atoms with Gasteiger partial charge in [0.2, 0.25) is 5.95 Å². The Morgan fingerprint density at radius 2 is 1.59 bits per heavy atom. The minimum absolute atomic E-state index is 0.665. The van der Waals surface area contributed by atoms with Gasteiger partial charge in [0.15, 0.2) is 11.5 Å². The summed E-state index contributed by atoms with van der Waals surface area (Å²) in [5.41, 5.74) is 0.887. The first-order valence-electron chi connectivity index (χ1n) is 13.0. The van der Waals surface area contributed by atoms with E-state index in [0.29, 0.717) is 17.5 Å². The summed E-state index contributed by atoms with van der Waals surface area (Å²) in [7, 11) is 3.33. The average molecular weight is 471 g/mol. The van der Waals surface area contributed by atoms with E-state index in [4.69, 9.17) is 19.4 Å². The van der Waals surface area contributed by atoms with Crippen LogP contribution in [0.25, 0.3) is 10.9 Å². The lowest BCUT2D eigenvalue weighted by molar-refractivity contribution is 0.107. The van der Waals surface area contributed by atoms with Crippen molar-refractivity contribution in [3.05, 3.63) is 12.1 Å². The minimum atomic E-state index is 0.665. The number of nitrogens with zero attached hydrogens (tertiary/aromatic N) is 5. The Morgan fingerprint density at radius 3 is 2.26 bits per heavy atom. The number of anilines is 2. The van der Waals surface area contributed by atoms with Gasteiger partial charge in [-0.1, -0.05) is 6.42 Å². The second-order valence-electron chi connectivity index (χ2n) is 9.75. The van der Waals surface area contributed by atoms with Crippen molar-refractivity contribution in [2.24, 2.45) is 0 Å². The number of hydrogen-bond donors (Lipinski definition) is 1. The zero-order valence-corrected chi connectivity index (χ0v) is 21.5. The molecule has 0 unspecified atom stereocenters. The Labute approximate surface area is 204 Å². The zero-order valence-electron chi connectivity index (χ0n) is 21.5. The third-order valence-corrected chi connectivity index (χ3v) is 7.16. The molecule has 0 spiro atoms. The predicted octanol–water partition coefficient (Wildman–Crippen LogP) is 3.86. The number of hydrogen-bond acceptors (Lipinski definition) is 8. The van der Waals surface area contributed by atoms with Crippen LogP contribution in [0.4, 0.5) is 11.8 Å². The molecule has 0 atom stereocenters. The Morgan fingerprint density at radius 1 is 0.882 bits per heavy atom. The standard InChI is InChI=1S/C26H42N6O2/c1-20(2)31-16-14-30(15-17-31)11-7-5-6-10-27-25-21-18-23(33-3)24(34-4)19-22(21)28-26(29-25)32-12-8-9-13-32/h18-20H,5-17H2,1-4H3,(H,27,28,29). The number of benzene rings is 1. The maximum absolute atomic E-state index is 5.54. The normalized spacial score (nSPS) is 17.6. The maximum atomic E-state index is 5.54. The molecule has 1 N–H and O–H groups in total. The number of aromatic nitrogens is 2. The van der Waals surface area contributed by atoms with Crippen LogP contribution >= 0.6 is 0 Å². The van der Waals surface area contributed by atoms with Crippen molar-refractivity contribution in [2.45, 2.75) is 52.0 Å². The van der Waals surface area contributed by atoms with E-state index in [1.807, 2.05) is 12.1 Å². The lowest BCUT2D eigenvalue weighted by Crippen LogP contribution is -2.48. The van der Waals surface area contributed by atoms with E-state index in [2.05, 4.69) is 33.9 Å². The first kappa shape index (κ1) is 24.8. The van der Waals surface area contributed by atoms with Gasteiger partial charge in [-0.15, -0.1) is 0 Å². The molecule has 8 heteroatoms. The number of nitrogens with one attached hydrogen (secondary N) is 1. The van der Waals surface area contributed by atoms with Gasteiger partial charge in [-0.25, -0.2) is 4.98 Å². The van der Waals surface area contributed by atoms with Gasteiger partial charge in [-0.05, 0) is 52.1 Å². The highest BCUT2D eigenvalue weighted by Crippen LogP contribution is 2.35. The van der Waals surface area contributed by atoms with Crippen molar-refractivity contribution in [1.82, 2.24) is 19.8 Å². The number of piperazine rings is 1. The summed E-state index contributed by atoms with van der Waals surface area (Å²) in [5.74, 6) is 3.09. The van der Waals surface area contributed by atoms with Crippen LogP contribution in [0.2, 0.25) is 0 Å². The summed E-state index contributed by atoms with van der Waals surface area (Å²) in [6, 6.07) is 4.61. The second kappa shape index (κ2) is 11.9. The van der Waals surface area contributed by atoms with Crippen molar-refractivity contribution in [1.29, 1.82) is 0 Å². The van der Waals surface area contributed by atoms with Crippen molar-refractivity contribution in [3.8, 4) is 11.5 Å². The Balaban J connectivity index is 1.34. The number of rotatable bonds is 11. The molecule has 188 valence electrons. The van der Waals surface area contributed by atoms with Gasteiger partial charge < -0.3 is 24.6 Å². The molecule has 2 aliphatic rings. The summed E-state index contributed by atoms with van der Waals surface area (Å²) in [6.07, 6.45) is 5.99. The molecule has 0 aliphatic carbocycles. The molecule has 2 aromatic rings. The van der Waals surface area contributed by atoms with E-state index in [1.54, 1.807) is 14.2 Å². The molecule has 34 heavy (non-hydrogen) atoms. The minimum Gasteiger partial charge on any atom is -0.493 e. The molecule has 1 aromatic heterocycles. The lowest BCUT2D eigenvalue weighted by Gasteiger charge is -2.36. The van der Waals surface area contributed by atoms with Crippen molar-refractivity contribution in [3.63, 3.8) is 0 Å². The first-order valence-corrected chi connectivity index (χ1v) is 13.0. The Bertz CT molecular complexity index is 923. The molecule has 0 amide bonds. The second-order valence-corrected chi connectivity index (χ2v) is 9.75. The van der Waals surface area contributed by atoms with E-state index in [0.717, 1.165) is 48.7 Å². The quantitative estimate of drug-likeness (QED) is 0.497. The van der Waals surface area contributed by atoms with E-state index in [9.17, 15) is 0 Å². The molecule has 2 aliphatic heterocycles. The topological polar surface area (TPSA) is 66.0 Å². The van der Waals surface area contributed by atoms with E-state index in [1.165, 1.54) is 58.4 Å². The smallest absolute Gasteiger partial charge is 0.227 e. The van der Waals surface area contributed by atoms with Crippen LogP contribution in [0.15, 0.2) is 12.1 Å². The summed E-state index contributed by atoms with van der Waals surface area (Å²) in [6.45, 7) is 13.5. The van der Waals surface area contributed by atoms with Gasteiger partial charge in [-0.2, -0.15) is 4.98 Å². The van der Waals surface area contributed by atoms with Gasteiger partial charge in [0, 0.05) is 63.3 Å². The third-order valence-electron chi connectivity index (χ3n) is 7.16. The average Bonchev–Trinajstić information content (AvgIpc) is 3.40. The van der Waals surface area contributed by atoms with E-state index >= 15 is 0 Å². The summed E-state index contributed by atoms with van der Waals surface area (Å²) >= 11 is 0. The first-order chi connectivity index (χ1) is 16.6. The van der Waals surface area contributed by atoms with Gasteiger partial charge in [0.1, 0.15) is 5.82 Å². The molecule has 2 fully saturated rings. The van der Waals surface area contributed by atoms with Crippen LogP contribution in [0.5, 0.6) is 11.5 Å². The predicted molar refractivity (Wildman–Crippen MR) is 140 cm³/mol. The van der Waals surface area contributed by atoms with Gasteiger partial charge in [0.05, 0.1) is 19.7 Å². The van der Waals surface area contributed by atoms with Crippen molar-refractivity contribution in [2.75, 3.05) is 76.8 Å². The molecule has 0 bridgehead atoms. The Kier molecular flexibility index (Phi) is 8.67. The summed E-state index contributed by atoms with van der Waals surface area (Å²) < 4.78 is 11.1. The van der Waals surface area contributed by atoms with Crippen LogP contribution in [-0.4, -0.2) is 92.4 Å². The van der Waals surface area contributed by atoms with Gasteiger partial charge >= 0.3 is 0 Å². The fourth-order valence-corrected chi connectivity index (χ4v) is 4.98. The molecule has 8 nitrogen and oxygen atoms in total. The van der Waals surface area contributed by atoms with Gasteiger partial charge in [0.25, 0.3) is 0 Å². The third kappa shape index (κ3) is 6.02. The zero-order chi connectivity index (χ0) is 23.9. The molecule has 2 saturated heterocycles. The number of methoxy groups -OCH3 is 2. The largest absolute Gasteiger partial charge is 0.493 e. The van der Waals surface area contributed by atoms with E-state index < -0.39 is 0 Å². The molecule has 0 saturated carbocycles. The van der Waals surface area contributed by atoms with Crippen LogP contribution in [0.1, 0.15) is 46.0 Å². The summed E-state index contributed by atoms with van der Waals surface area (Å²) in [4.78, 5) is 17.3. The highest BCUT2D eigenvalue weighted by Gasteiger charge is 2.20. The van der Waals surface area contributed by atoms with Crippen LogP contribution in [-0.2, 0) is 0 Å². The molecule has 4 rings (SSSR count). The van der Waals surface area contributed by atoms with Crippen LogP contribution in [0, 0.1) is 0 Å². The van der Waals surface area contributed by atoms with Crippen LogP contribution in [0.3, 0.4) is 0 Å². The maximum Gasteiger partial charge on any atom is 0.227 e. The molecular weight excluding hydrogens is 428 g/mol. The highest BCUT2D eigenvalue weighted by atomic mass is 16.5. The van der Waals surface area contributed by atoms with E-state index in [-0.39, 0.29) is 0 Å². The fraction of sp³-hybridized carbons (Fsp3) is 0.692. The van der Waals surface area contributed by atoms with Crippen molar-refractivity contribution < 1.29 is 9.47 Å². The monoisotopic (exact) mass is 470 g/mol.